The summed E-state index contributed by atoms with van der Waals surface area (Å²) in [6.07, 6.45) is 6.16. The number of halogens is 2. The highest BCUT2D eigenvalue weighted by Gasteiger charge is 2.46. The number of hydrogen-bond acceptors (Lipinski definition) is 4. The van der Waals surface area contributed by atoms with Gasteiger partial charge in [0, 0.05) is 25.2 Å². The van der Waals surface area contributed by atoms with Gasteiger partial charge in [0.25, 0.3) is 5.91 Å². The highest BCUT2D eigenvalue weighted by atomic mass is 35.5. The lowest BCUT2D eigenvalue weighted by Gasteiger charge is -2.52. The van der Waals surface area contributed by atoms with Gasteiger partial charge in [-0.15, -0.1) is 0 Å². The summed E-state index contributed by atoms with van der Waals surface area (Å²) in [5.74, 6) is 0.290. The standard InChI is InChI=1S/C23H30ClFN2O4/c1-15-8-18(9-15)31-14-22(29)27-6-4-23(5-7-27)11-16(12-23)26-21(28)13-30-17-2-3-19(24)20(25)10-17/h2-3,10,15-16,18H,4-9,11-14H2,1H3,(H,26,28)/t15-,18-. The minimum Gasteiger partial charge on any atom is -0.484 e. The van der Waals surface area contributed by atoms with E-state index in [9.17, 15) is 14.0 Å². The van der Waals surface area contributed by atoms with Crippen LogP contribution in [0, 0.1) is 17.2 Å². The fourth-order valence-corrected chi connectivity index (χ4v) is 5.07. The monoisotopic (exact) mass is 452 g/mol. The molecule has 3 fully saturated rings. The van der Waals surface area contributed by atoms with E-state index in [1.165, 1.54) is 18.2 Å². The fourth-order valence-electron chi connectivity index (χ4n) is 4.96. The molecule has 1 N–H and O–H groups in total. The second-order valence-corrected chi connectivity index (χ2v) is 9.83. The molecule has 2 amide bonds. The Kier molecular flexibility index (Phi) is 6.72. The van der Waals surface area contributed by atoms with Crippen LogP contribution in [0.1, 0.15) is 45.4 Å². The number of amides is 2. The van der Waals surface area contributed by atoms with E-state index in [0.717, 1.165) is 51.6 Å². The molecule has 1 aliphatic heterocycles. The Morgan fingerprint density at radius 2 is 1.94 bits per heavy atom. The van der Waals surface area contributed by atoms with Crippen LogP contribution in [0.4, 0.5) is 4.39 Å². The lowest BCUT2D eigenvalue weighted by Crippen LogP contribution is -2.56. The molecule has 4 rings (SSSR count). The summed E-state index contributed by atoms with van der Waals surface area (Å²) in [7, 11) is 0. The molecule has 6 nitrogen and oxygen atoms in total. The van der Waals surface area contributed by atoms with Crippen LogP contribution in [0.2, 0.25) is 5.02 Å². The highest BCUT2D eigenvalue weighted by Crippen LogP contribution is 2.49. The second-order valence-electron chi connectivity index (χ2n) is 9.43. The Balaban J connectivity index is 1.12. The number of piperidine rings is 1. The molecule has 0 atom stereocenters. The Labute approximate surface area is 187 Å². The van der Waals surface area contributed by atoms with Gasteiger partial charge in [-0.3, -0.25) is 9.59 Å². The third kappa shape index (κ3) is 5.50. The first-order chi connectivity index (χ1) is 14.8. The van der Waals surface area contributed by atoms with Crippen LogP contribution in [0.15, 0.2) is 18.2 Å². The molecule has 3 aliphatic rings. The van der Waals surface area contributed by atoms with E-state index in [2.05, 4.69) is 12.2 Å². The molecule has 1 aromatic rings. The Hall–Kier alpha value is -1.86. The first-order valence-electron chi connectivity index (χ1n) is 11.1. The van der Waals surface area contributed by atoms with Crippen LogP contribution in [0.5, 0.6) is 5.75 Å². The van der Waals surface area contributed by atoms with E-state index in [4.69, 9.17) is 21.1 Å². The van der Waals surface area contributed by atoms with Crippen molar-refractivity contribution in [3.63, 3.8) is 0 Å². The van der Waals surface area contributed by atoms with Gasteiger partial charge in [-0.05, 0) is 62.0 Å². The van der Waals surface area contributed by atoms with Gasteiger partial charge in [-0.1, -0.05) is 18.5 Å². The molecule has 2 saturated carbocycles. The first kappa shape index (κ1) is 22.3. The molecule has 170 valence electrons. The zero-order valence-corrected chi connectivity index (χ0v) is 18.6. The zero-order valence-electron chi connectivity index (χ0n) is 17.9. The van der Waals surface area contributed by atoms with Crippen molar-refractivity contribution in [2.24, 2.45) is 11.3 Å². The SMILES string of the molecule is C[C@H]1C[C@H](OCC(=O)N2CCC3(CC2)CC(NC(=O)COc2ccc(Cl)c(F)c2)C3)C1. The Bertz CT molecular complexity index is 814. The smallest absolute Gasteiger partial charge is 0.258 e. The van der Waals surface area contributed by atoms with Crippen LogP contribution in [0.25, 0.3) is 0 Å². The van der Waals surface area contributed by atoms with Crippen molar-refractivity contribution >= 4 is 23.4 Å². The van der Waals surface area contributed by atoms with E-state index in [1.54, 1.807) is 0 Å². The summed E-state index contributed by atoms with van der Waals surface area (Å²) in [6.45, 7) is 3.76. The molecule has 31 heavy (non-hydrogen) atoms. The largest absolute Gasteiger partial charge is 0.484 e. The van der Waals surface area contributed by atoms with Gasteiger partial charge in [0.2, 0.25) is 5.91 Å². The maximum absolute atomic E-state index is 13.4. The molecule has 0 radical (unpaired) electrons. The molecular formula is C23H30ClFN2O4. The summed E-state index contributed by atoms with van der Waals surface area (Å²) in [5, 5.41) is 3.00. The van der Waals surface area contributed by atoms with Crippen LogP contribution < -0.4 is 10.1 Å². The van der Waals surface area contributed by atoms with E-state index in [1.807, 2.05) is 4.90 Å². The number of hydrogen-bond donors (Lipinski definition) is 1. The van der Waals surface area contributed by atoms with Crippen molar-refractivity contribution in [3.05, 3.63) is 29.0 Å². The summed E-state index contributed by atoms with van der Waals surface area (Å²) in [5.41, 5.74) is 0.221. The zero-order chi connectivity index (χ0) is 22.0. The molecular weight excluding hydrogens is 423 g/mol. The van der Waals surface area contributed by atoms with Gasteiger partial charge in [0.05, 0.1) is 11.1 Å². The quantitative estimate of drug-likeness (QED) is 0.686. The van der Waals surface area contributed by atoms with Crippen LogP contribution in [0.3, 0.4) is 0 Å². The molecule has 0 bridgehead atoms. The number of benzene rings is 1. The molecule has 1 saturated heterocycles. The molecule has 1 aromatic carbocycles. The van der Waals surface area contributed by atoms with Crippen LogP contribution in [-0.2, 0) is 14.3 Å². The number of nitrogens with zero attached hydrogens (tertiary/aromatic N) is 1. The average Bonchev–Trinajstić information content (AvgIpc) is 2.70. The molecule has 0 unspecified atom stereocenters. The van der Waals surface area contributed by atoms with Gasteiger partial charge in [0.15, 0.2) is 6.61 Å². The summed E-state index contributed by atoms with van der Waals surface area (Å²) < 4.78 is 24.5. The van der Waals surface area contributed by atoms with Gasteiger partial charge in [-0.25, -0.2) is 4.39 Å². The maximum Gasteiger partial charge on any atom is 0.258 e. The third-order valence-corrected chi connectivity index (χ3v) is 7.24. The van der Waals surface area contributed by atoms with Crippen molar-refractivity contribution in [2.45, 2.75) is 57.6 Å². The number of carbonyl (C=O) groups excluding carboxylic acids is 2. The van der Waals surface area contributed by atoms with Crippen molar-refractivity contribution in [1.29, 1.82) is 0 Å². The number of ether oxygens (including phenoxy) is 2. The molecule has 8 heteroatoms. The number of likely N-dealkylation sites (tertiary alicyclic amines) is 1. The van der Waals surface area contributed by atoms with E-state index >= 15 is 0 Å². The van der Waals surface area contributed by atoms with Gasteiger partial charge < -0.3 is 19.7 Å². The predicted octanol–water partition coefficient (Wildman–Crippen LogP) is 3.56. The lowest BCUT2D eigenvalue weighted by atomic mass is 9.60. The normalized spacial score (nSPS) is 24.9. The number of rotatable bonds is 7. The van der Waals surface area contributed by atoms with Gasteiger partial charge in [0.1, 0.15) is 18.2 Å². The lowest BCUT2D eigenvalue weighted by molar-refractivity contribution is -0.145. The molecule has 1 heterocycles. The summed E-state index contributed by atoms with van der Waals surface area (Å²) in [6, 6.07) is 4.23. The van der Waals surface area contributed by atoms with Crippen LogP contribution >= 0.6 is 11.6 Å². The number of nitrogens with one attached hydrogen (secondary N) is 1. The minimum absolute atomic E-state index is 0.0184. The van der Waals surface area contributed by atoms with Crippen LogP contribution in [-0.4, -0.2) is 55.2 Å². The molecule has 1 spiro atoms. The van der Waals surface area contributed by atoms with E-state index < -0.39 is 5.82 Å². The van der Waals surface area contributed by atoms with E-state index in [-0.39, 0.29) is 53.4 Å². The van der Waals surface area contributed by atoms with Crippen molar-refractivity contribution in [2.75, 3.05) is 26.3 Å². The van der Waals surface area contributed by atoms with E-state index in [0.29, 0.717) is 5.92 Å². The third-order valence-electron chi connectivity index (χ3n) is 6.93. The minimum atomic E-state index is -0.575. The molecule has 2 aliphatic carbocycles. The highest BCUT2D eigenvalue weighted by molar-refractivity contribution is 6.30. The maximum atomic E-state index is 13.4. The topological polar surface area (TPSA) is 67.9 Å². The Morgan fingerprint density at radius 1 is 1.23 bits per heavy atom. The Morgan fingerprint density at radius 3 is 2.58 bits per heavy atom. The van der Waals surface area contributed by atoms with Crippen molar-refractivity contribution in [1.82, 2.24) is 10.2 Å². The van der Waals surface area contributed by atoms with Gasteiger partial charge in [-0.2, -0.15) is 0 Å². The number of carbonyl (C=O) groups is 2. The average molecular weight is 453 g/mol. The summed E-state index contributed by atoms with van der Waals surface area (Å²) >= 11 is 5.64. The predicted molar refractivity (Wildman–Crippen MR) is 114 cm³/mol. The summed E-state index contributed by atoms with van der Waals surface area (Å²) in [4.78, 5) is 26.4. The molecule has 0 aromatic heterocycles. The first-order valence-corrected chi connectivity index (χ1v) is 11.5. The fraction of sp³-hybridized carbons (Fsp3) is 0.652. The second kappa shape index (κ2) is 9.33. The van der Waals surface area contributed by atoms with Crippen molar-refractivity contribution in [3.8, 4) is 5.75 Å². The van der Waals surface area contributed by atoms with Gasteiger partial charge >= 0.3 is 0 Å². The van der Waals surface area contributed by atoms with Crippen molar-refractivity contribution < 1.29 is 23.5 Å².